The van der Waals surface area contributed by atoms with E-state index in [1.54, 1.807) is 0 Å². The lowest BCUT2D eigenvalue weighted by Crippen LogP contribution is -2.38. The van der Waals surface area contributed by atoms with Gasteiger partial charge in [-0.15, -0.1) is 11.8 Å². The molecule has 2 saturated heterocycles. The second-order valence-electron chi connectivity index (χ2n) is 6.17. The van der Waals surface area contributed by atoms with Crippen LogP contribution in [0.25, 0.3) is 0 Å². The van der Waals surface area contributed by atoms with Crippen molar-refractivity contribution in [2.45, 2.75) is 30.7 Å². The summed E-state index contributed by atoms with van der Waals surface area (Å²) in [7, 11) is 0. The van der Waals surface area contributed by atoms with Crippen molar-refractivity contribution in [3.05, 3.63) is 28.2 Å². The Morgan fingerprint density at radius 2 is 2.10 bits per heavy atom. The smallest absolute Gasteiger partial charge is 0.0245 e. The van der Waals surface area contributed by atoms with Gasteiger partial charge in [0.1, 0.15) is 0 Å². The lowest BCUT2D eigenvalue weighted by molar-refractivity contribution is 0.193. The fourth-order valence-corrected chi connectivity index (χ4v) is 4.77. The molecule has 20 heavy (non-hydrogen) atoms. The Balaban J connectivity index is 1.67. The molecule has 0 atom stereocenters. The van der Waals surface area contributed by atoms with E-state index in [2.05, 4.69) is 50.6 Å². The van der Waals surface area contributed by atoms with Crippen LogP contribution < -0.4 is 5.32 Å². The Bertz CT molecular complexity index is 472. The molecule has 1 aromatic carbocycles. The number of benzene rings is 1. The van der Waals surface area contributed by atoms with Gasteiger partial charge in [0.15, 0.2) is 0 Å². The highest BCUT2D eigenvalue weighted by atomic mass is 79.9. The fraction of sp³-hybridized carbons (Fsp3) is 0.625. The van der Waals surface area contributed by atoms with Crippen molar-refractivity contribution in [1.29, 1.82) is 0 Å². The zero-order valence-electron chi connectivity index (χ0n) is 12.1. The van der Waals surface area contributed by atoms with Crippen LogP contribution in [0.15, 0.2) is 27.6 Å². The van der Waals surface area contributed by atoms with Crippen LogP contribution >= 0.6 is 27.7 Å². The molecule has 0 saturated carbocycles. The predicted molar refractivity (Wildman–Crippen MR) is 90.4 cm³/mol. The summed E-state index contributed by atoms with van der Waals surface area (Å²) in [6.45, 7) is 6.09. The van der Waals surface area contributed by atoms with Gasteiger partial charge in [0, 0.05) is 22.5 Å². The highest BCUT2D eigenvalue weighted by molar-refractivity contribution is 9.10. The van der Waals surface area contributed by atoms with Crippen LogP contribution in [0.2, 0.25) is 0 Å². The molecule has 0 unspecified atom stereocenters. The Hall–Kier alpha value is -0.0300. The third-order valence-corrected chi connectivity index (χ3v) is 6.14. The maximum atomic E-state index is 3.57. The van der Waals surface area contributed by atoms with Gasteiger partial charge in [-0.25, -0.2) is 0 Å². The third-order valence-electron chi connectivity index (χ3n) is 4.82. The summed E-state index contributed by atoms with van der Waals surface area (Å²) in [5.41, 5.74) is 2.09. The number of nitrogens with zero attached hydrogens (tertiary/aromatic N) is 1. The molecule has 2 aliphatic heterocycles. The van der Waals surface area contributed by atoms with Crippen molar-refractivity contribution < 1.29 is 0 Å². The van der Waals surface area contributed by atoms with Crippen LogP contribution in [0, 0.1) is 5.41 Å². The van der Waals surface area contributed by atoms with Crippen LogP contribution in [-0.2, 0) is 6.54 Å². The molecule has 0 bridgehead atoms. The molecule has 0 amide bonds. The molecule has 0 aromatic heterocycles. The zero-order chi connectivity index (χ0) is 14.0. The first-order valence-corrected chi connectivity index (χ1v) is 9.48. The predicted octanol–water partition coefficient (Wildman–Crippen LogP) is 3.75. The summed E-state index contributed by atoms with van der Waals surface area (Å²) in [4.78, 5) is 4.07. The SMILES string of the molecule is CSc1cc(Br)ccc1CN1CCC2(CCNCC2)C1. The molecule has 2 aliphatic rings. The number of hydrogen-bond donors (Lipinski definition) is 1. The van der Waals surface area contributed by atoms with E-state index in [0.717, 1.165) is 6.54 Å². The second kappa shape index (κ2) is 6.39. The summed E-state index contributed by atoms with van der Waals surface area (Å²) in [6, 6.07) is 6.70. The van der Waals surface area contributed by atoms with E-state index < -0.39 is 0 Å². The van der Waals surface area contributed by atoms with Gasteiger partial charge >= 0.3 is 0 Å². The van der Waals surface area contributed by atoms with Crippen LogP contribution in [0.5, 0.6) is 0 Å². The molecule has 0 aliphatic carbocycles. The summed E-state index contributed by atoms with van der Waals surface area (Å²) in [5.74, 6) is 0. The molecule has 0 radical (unpaired) electrons. The van der Waals surface area contributed by atoms with Crippen molar-refractivity contribution in [2.75, 3.05) is 32.4 Å². The molecule has 2 heterocycles. The zero-order valence-corrected chi connectivity index (χ0v) is 14.5. The fourth-order valence-electron chi connectivity index (χ4n) is 3.62. The Morgan fingerprint density at radius 3 is 2.85 bits per heavy atom. The van der Waals surface area contributed by atoms with Gasteiger partial charge in [0.25, 0.3) is 0 Å². The topological polar surface area (TPSA) is 15.3 Å². The van der Waals surface area contributed by atoms with Gasteiger partial charge in [-0.3, -0.25) is 4.90 Å². The Kier molecular flexibility index (Phi) is 4.75. The highest BCUT2D eigenvalue weighted by Gasteiger charge is 2.38. The number of halogens is 1. The molecule has 2 nitrogen and oxygen atoms in total. The molecule has 1 N–H and O–H groups in total. The van der Waals surface area contributed by atoms with Crippen molar-refractivity contribution in [2.24, 2.45) is 5.41 Å². The quantitative estimate of drug-likeness (QED) is 0.832. The molecular weight excluding hydrogens is 332 g/mol. The number of piperidine rings is 1. The van der Waals surface area contributed by atoms with Crippen LogP contribution in [0.3, 0.4) is 0 Å². The second-order valence-corrected chi connectivity index (χ2v) is 7.93. The molecule has 1 aromatic rings. The van der Waals surface area contributed by atoms with Crippen molar-refractivity contribution in [1.82, 2.24) is 10.2 Å². The van der Waals surface area contributed by atoms with Gasteiger partial charge < -0.3 is 5.32 Å². The minimum absolute atomic E-state index is 0.611. The summed E-state index contributed by atoms with van der Waals surface area (Å²) in [5, 5.41) is 3.50. The lowest BCUT2D eigenvalue weighted by atomic mass is 9.78. The first kappa shape index (κ1) is 14.9. The van der Waals surface area contributed by atoms with Crippen LogP contribution in [0.1, 0.15) is 24.8 Å². The minimum atomic E-state index is 0.611. The molecular formula is C16H23BrN2S. The molecule has 110 valence electrons. The first-order chi connectivity index (χ1) is 9.71. The van der Waals surface area contributed by atoms with Crippen molar-refractivity contribution in [3.63, 3.8) is 0 Å². The van der Waals surface area contributed by atoms with E-state index in [1.165, 1.54) is 60.4 Å². The maximum absolute atomic E-state index is 3.57. The van der Waals surface area contributed by atoms with E-state index in [1.807, 2.05) is 11.8 Å². The average Bonchev–Trinajstić information content (AvgIpc) is 2.84. The first-order valence-electron chi connectivity index (χ1n) is 7.46. The monoisotopic (exact) mass is 354 g/mol. The number of likely N-dealkylation sites (tertiary alicyclic amines) is 1. The van der Waals surface area contributed by atoms with Gasteiger partial charge in [-0.1, -0.05) is 22.0 Å². The van der Waals surface area contributed by atoms with E-state index in [9.17, 15) is 0 Å². The molecule has 2 fully saturated rings. The maximum Gasteiger partial charge on any atom is 0.0245 e. The average molecular weight is 355 g/mol. The number of rotatable bonds is 3. The summed E-state index contributed by atoms with van der Waals surface area (Å²) >= 11 is 5.43. The van der Waals surface area contributed by atoms with Crippen molar-refractivity contribution in [3.8, 4) is 0 Å². The van der Waals surface area contributed by atoms with Crippen molar-refractivity contribution >= 4 is 27.7 Å². The molecule has 3 rings (SSSR count). The van der Waals surface area contributed by atoms with Crippen LogP contribution in [-0.4, -0.2) is 37.3 Å². The van der Waals surface area contributed by atoms with Gasteiger partial charge in [0.2, 0.25) is 0 Å². The number of thioether (sulfide) groups is 1. The summed E-state index contributed by atoms with van der Waals surface area (Å²) in [6.07, 6.45) is 6.28. The van der Waals surface area contributed by atoms with Gasteiger partial charge in [-0.05, 0) is 68.3 Å². The van der Waals surface area contributed by atoms with E-state index in [-0.39, 0.29) is 0 Å². The number of nitrogens with one attached hydrogen (secondary N) is 1. The summed E-state index contributed by atoms with van der Waals surface area (Å²) < 4.78 is 1.18. The Labute approximate surface area is 134 Å². The minimum Gasteiger partial charge on any atom is -0.317 e. The third kappa shape index (κ3) is 3.24. The lowest BCUT2D eigenvalue weighted by Gasteiger charge is -2.34. The van der Waals surface area contributed by atoms with Gasteiger partial charge in [-0.2, -0.15) is 0 Å². The Morgan fingerprint density at radius 1 is 1.30 bits per heavy atom. The van der Waals surface area contributed by atoms with Crippen LogP contribution in [0.4, 0.5) is 0 Å². The largest absolute Gasteiger partial charge is 0.317 e. The standard InChI is InChI=1S/C16H23BrN2S/c1-20-15-10-14(17)3-2-13(15)11-19-9-6-16(12-19)4-7-18-8-5-16/h2-3,10,18H,4-9,11-12H2,1H3. The van der Waals surface area contributed by atoms with E-state index in [0.29, 0.717) is 5.41 Å². The highest BCUT2D eigenvalue weighted by Crippen LogP contribution is 2.39. The number of hydrogen-bond acceptors (Lipinski definition) is 3. The van der Waals surface area contributed by atoms with Gasteiger partial charge in [0.05, 0.1) is 0 Å². The molecule has 4 heteroatoms. The normalized spacial score (nSPS) is 22.5. The van der Waals surface area contributed by atoms with E-state index >= 15 is 0 Å². The molecule has 1 spiro atoms. The van der Waals surface area contributed by atoms with E-state index in [4.69, 9.17) is 0 Å².